The summed E-state index contributed by atoms with van der Waals surface area (Å²) in [5.74, 6) is 0.0468. The molecule has 0 radical (unpaired) electrons. The summed E-state index contributed by atoms with van der Waals surface area (Å²) in [5, 5.41) is 13.7. The average molecular weight is 344 g/mol. The molecule has 2 heterocycles. The van der Waals surface area contributed by atoms with Gasteiger partial charge in [0.2, 0.25) is 0 Å². The topological polar surface area (TPSA) is 81.6 Å². The van der Waals surface area contributed by atoms with E-state index < -0.39 is 5.82 Å². The number of fused-ring (bicyclic) bond motifs is 3. The number of aromatic amines is 1. The Labute approximate surface area is 147 Å². The Kier molecular flexibility index (Phi) is 3.63. The third-order valence-corrected chi connectivity index (χ3v) is 4.30. The van der Waals surface area contributed by atoms with Gasteiger partial charge in [-0.2, -0.15) is 5.26 Å². The number of rotatable bonds is 2. The number of hydrogen-bond donors (Lipinski definition) is 2. The maximum atomic E-state index is 13.7. The Morgan fingerprint density at radius 3 is 2.81 bits per heavy atom. The lowest BCUT2D eigenvalue weighted by molar-refractivity contribution is 0.629. The van der Waals surface area contributed by atoms with Gasteiger partial charge >= 0.3 is 0 Å². The molecule has 2 aromatic heterocycles. The molecule has 0 saturated carbocycles. The van der Waals surface area contributed by atoms with E-state index in [-0.39, 0.29) is 5.56 Å². The molecule has 6 heteroatoms. The van der Waals surface area contributed by atoms with Gasteiger partial charge in [0.05, 0.1) is 22.5 Å². The molecule has 0 aliphatic carbocycles. The molecule has 0 aliphatic rings. The zero-order chi connectivity index (χ0) is 18.3. The van der Waals surface area contributed by atoms with E-state index in [4.69, 9.17) is 5.26 Å². The largest absolute Gasteiger partial charge is 0.339 e. The zero-order valence-electron chi connectivity index (χ0n) is 13.8. The minimum Gasteiger partial charge on any atom is -0.339 e. The van der Waals surface area contributed by atoms with Crippen molar-refractivity contribution < 1.29 is 4.39 Å². The van der Waals surface area contributed by atoms with Gasteiger partial charge < -0.3 is 10.3 Å². The van der Waals surface area contributed by atoms with E-state index in [1.807, 2.05) is 13.0 Å². The number of H-pyrrole nitrogens is 1. The molecule has 126 valence electrons. The average Bonchev–Trinajstić information content (AvgIpc) is 2.64. The van der Waals surface area contributed by atoms with Gasteiger partial charge in [0.15, 0.2) is 0 Å². The molecule has 2 aromatic carbocycles. The van der Waals surface area contributed by atoms with Crippen molar-refractivity contribution in [3.8, 4) is 6.07 Å². The monoisotopic (exact) mass is 344 g/mol. The lowest BCUT2D eigenvalue weighted by Gasteiger charge is -2.13. The number of benzene rings is 2. The predicted molar refractivity (Wildman–Crippen MR) is 99.0 cm³/mol. The number of nitrogens with zero attached hydrogens (tertiary/aromatic N) is 2. The second-order valence-electron chi connectivity index (χ2n) is 5.98. The maximum absolute atomic E-state index is 13.7. The lowest BCUT2D eigenvalue weighted by atomic mass is 10.1. The van der Waals surface area contributed by atoms with Crippen LogP contribution in [0.4, 0.5) is 15.9 Å². The van der Waals surface area contributed by atoms with E-state index in [1.54, 1.807) is 24.3 Å². The van der Waals surface area contributed by atoms with Crippen LogP contribution >= 0.6 is 0 Å². The molecule has 5 nitrogen and oxygen atoms in total. The van der Waals surface area contributed by atoms with Crippen molar-refractivity contribution in [3.05, 3.63) is 76.0 Å². The van der Waals surface area contributed by atoms with E-state index in [2.05, 4.69) is 21.4 Å². The summed E-state index contributed by atoms with van der Waals surface area (Å²) in [4.78, 5) is 19.6. The van der Waals surface area contributed by atoms with Crippen molar-refractivity contribution in [1.29, 1.82) is 5.26 Å². The summed E-state index contributed by atoms with van der Waals surface area (Å²) in [5.41, 5.74) is 2.36. The van der Waals surface area contributed by atoms with E-state index in [0.717, 1.165) is 11.3 Å². The van der Waals surface area contributed by atoms with Crippen LogP contribution in [-0.2, 0) is 0 Å². The number of anilines is 2. The van der Waals surface area contributed by atoms with Crippen LogP contribution in [0.3, 0.4) is 0 Å². The fraction of sp³-hybridized carbons (Fsp3) is 0.0500. The van der Waals surface area contributed by atoms with Crippen LogP contribution in [0.25, 0.3) is 21.7 Å². The van der Waals surface area contributed by atoms with E-state index in [9.17, 15) is 9.18 Å². The molecule has 4 aromatic rings. The number of aromatic nitrogens is 2. The first kappa shape index (κ1) is 15.8. The second kappa shape index (κ2) is 5.97. The van der Waals surface area contributed by atoms with Crippen molar-refractivity contribution >= 4 is 33.2 Å². The molecule has 4 rings (SSSR count). The van der Waals surface area contributed by atoms with Gasteiger partial charge in [0, 0.05) is 22.7 Å². The summed E-state index contributed by atoms with van der Waals surface area (Å²) < 4.78 is 13.7. The van der Waals surface area contributed by atoms with Gasteiger partial charge in [-0.1, -0.05) is 6.07 Å². The Morgan fingerprint density at radius 1 is 1.15 bits per heavy atom. The number of aryl methyl sites for hydroxylation is 1. The summed E-state index contributed by atoms with van der Waals surface area (Å²) >= 11 is 0. The van der Waals surface area contributed by atoms with Crippen LogP contribution in [0, 0.1) is 24.1 Å². The highest BCUT2D eigenvalue weighted by atomic mass is 19.1. The molecular weight excluding hydrogens is 331 g/mol. The molecule has 26 heavy (non-hydrogen) atoms. The van der Waals surface area contributed by atoms with Crippen LogP contribution in [-0.4, -0.2) is 9.97 Å². The van der Waals surface area contributed by atoms with Gasteiger partial charge in [0.25, 0.3) is 5.56 Å². The highest BCUT2D eigenvalue weighted by Crippen LogP contribution is 2.30. The molecule has 0 unspecified atom stereocenters. The summed E-state index contributed by atoms with van der Waals surface area (Å²) in [7, 11) is 0. The van der Waals surface area contributed by atoms with Crippen molar-refractivity contribution in [1.82, 2.24) is 9.97 Å². The van der Waals surface area contributed by atoms with Crippen LogP contribution in [0.5, 0.6) is 0 Å². The highest BCUT2D eigenvalue weighted by Gasteiger charge is 2.13. The molecular formula is C20H13FN4O. The lowest BCUT2D eigenvalue weighted by Crippen LogP contribution is -2.08. The van der Waals surface area contributed by atoms with Gasteiger partial charge in [-0.05, 0) is 48.9 Å². The number of nitriles is 1. The smallest absolute Gasteiger partial charge is 0.256 e. The van der Waals surface area contributed by atoms with Gasteiger partial charge in [-0.15, -0.1) is 0 Å². The van der Waals surface area contributed by atoms with Crippen molar-refractivity contribution in [2.45, 2.75) is 6.92 Å². The van der Waals surface area contributed by atoms with Crippen LogP contribution < -0.4 is 10.9 Å². The third kappa shape index (κ3) is 2.56. The quantitative estimate of drug-likeness (QED) is 0.536. The molecule has 0 amide bonds. The summed E-state index contributed by atoms with van der Waals surface area (Å²) in [6, 6.07) is 13.3. The first-order valence-electron chi connectivity index (χ1n) is 7.95. The van der Waals surface area contributed by atoms with Crippen LogP contribution in [0.2, 0.25) is 0 Å². The highest BCUT2D eigenvalue weighted by molar-refractivity contribution is 6.10. The molecule has 2 N–H and O–H groups in total. The number of pyridine rings is 2. The molecule has 0 saturated heterocycles. The van der Waals surface area contributed by atoms with Crippen LogP contribution in [0.1, 0.15) is 11.1 Å². The first-order valence-corrected chi connectivity index (χ1v) is 7.95. The second-order valence-corrected chi connectivity index (χ2v) is 5.98. The van der Waals surface area contributed by atoms with Crippen LogP contribution in [0.15, 0.2) is 53.5 Å². The minimum atomic E-state index is -0.429. The number of nitrogens with one attached hydrogen (secondary N) is 2. The molecule has 0 fully saturated rings. The van der Waals surface area contributed by atoms with E-state index >= 15 is 0 Å². The van der Waals surface area contributed by atoms with Crippen molar-refractivity contribution in [3.63, 3.8) is 0 Å². The minimum absolute atomic E-state index is 0.314. The fourth-order valence-corrected chi connectivity index (χ4v) is 2.98. The Hall–Kier alpha value is -3.72. The summed E-state index contributed by atoms with van der Waals surface area (Å²) in [6.07, 6.45) is 1.53. The molecule has 0 bridgehead atoms. The molecule has 0 aliphatic heterocycles. The van der Waals surface area contributed by atoms with E-state index in [1.165, 1.54) is 18.3 Å². The Balaban J connectivity index is 2.01. The summed E-state index contributed by atoms with van der Waals surface area (Å²) in [6.45, 7) is 1.91. The first-order chi connectivity index (χ1) is 12.6. The zero-order valence-corrected chi connectivity index (χ0v) is 13.8. The Morgan fingerprint density at radius 2 is 2.00 bits per heavy atom. The molecule has 0 spiro atoms. The van der Waals surface area contributed by atoms with Crippen molar-refractivity contribution in [2.75, 3.05) is 5.32 Å². The predicted octanol–water partition coefficient (Wildman–Crippen LogP) is 4.14. The fourth-order valence-electron chi connectivity index (χ4n) is 2.98. The van der Waals surface area contributed by atoms with Crippen molar-refractivity contribution in [2.24, 2.45) is 0 Å². The van der Waals surface area contributed by atoms with Gasteiger partial charge in [-0.3, -0.25) is 4.79 Å². The SMILES string of the molecule is Cc1ccc(C#N)cc1Nc1nc2ccc(F)cc2c2c(=O)[nH]ccc12. The normalized spacial score (nSPS) is 10.8. The Bertz CT molecular complexity index is 1270. The standard InChI is InChI=1S/C20H13FN4O/c1-11-2-3-12(10-22)8-17(11)25-19-14-6-7-23-20(26)18(14)15-9-13(21)4-5-16(15)24-19/h2-9H,1H3,(H,23,26)(H,24,25). The van der Waals surface area contributed by atoms with Gasteiger partial charge in [-0.25, -0.2) is 9.37 Å². The molecule has 0 atom stereocenters. The van der Waals surface area contributed by atoms with E-state index in [0.29, 0.717) is 33.1 Å². The number of hydrogen-bond acceptors (Lipinski definition) is 4. The maximum Gasteiger partial charge on any atom is 0.256 e. The van der Waals surface area contributed by atoms with Gasteiger partial charge in [0.1, 0.15) is 11.6 Å². The number of halogens is 1. The third-order valence-electron chi connectivity index (χ3n) is 4.30.